The first kappa shape index (κ1) is 12.8. The molecule has 0 aliphatic rings. The van der Waals surface area contributed by atoms with Crippen LogP contribution in [0.25, 0.3) is 32.1 Å². The summed E-state index contributed by atoms with van der Waals surface area (Å²) in [5.74, 6) is 4.49. The third-order valence-corrected chi connectivity index (χ3v) is 8.27. The summed E-state index contributed by atoms with van der Waals surface area (Å²) in [7, 11) is 5.55. The van der Waals surface area contributed by atoms with E-state index in [4.69, 9.17) is 0 Å². The van der Waals surface area contributed by atoms with Gasteiger partial charge in [-0.15, -0.1) is 0 Å². The van der Waals surface area contributed by atoms with E-state index in [9.17, 15) is 0 Å². The largest absolute Gasteiger partial charge is 0.0610 e. The zero-order valence-electron chi connectivity index (χ0n) is 10.6. The number of rotatable bonds is 1. The number of benzene rings is 2. The van der Waals surface area contributed by atoms with Crippen molar-refractivity contribution >= 4 is 52.5 Å². The van der Waals surface area contributed by atoms with Crippen LogP contribution in [0.4, 0.5) is 0 Å². The number of hydrogen-bond acceptors (Lipinski definition) is 0. The second-order valence-electron chi connectivity index (χ2n) is 4.55. The minimum Gasteiger partial charge on any atom is -0.0610 e. The molecule has 94 valence electrons. The van der Waals surface area contributed by atoms with Crippen LogP contribution >= 0.6 is 31.5 Å². The molecular weight excluding hydrogens is 316 g/mol. The van der Waals surface area contributed by atoms with Gasteiger partial charge in [0.25, 0.3) is 0 Å². The molecule has 4 aromatic rings. The summed E-state index contributed by atoms with van der Waals surface area (Å²) in [6.07, 6.45) is 0. The summed E-state index contributed by atoms with van der Waals surface area (Å²) in [5.41, 5.74) is 2.83. The maximum atomic E-state index is 2.28. The second-order valence-corrected chi connectivity index (χ2v) is 9.49. The SMILES string of the molecule is c1cc(-c2cccc3ccppc23)c2ppccc2c1. The molecule has 0 fully saturated rings. The molecule has 4 rings (SSSR count). The van der Waals surface area contributed by atoms with Gasteiger partial charge in [0, 0.05) is 10.2 Å². The third kappa shape index (κ3) is 2.19. The minimum absolute atomic E-state index is 1.38. The van der Waals surface area contributed by atoms with E-state index < -0.39 is 0 Å². The molecule has 0 atom stereocenters. The Labute approximate surface area is 124 Å². The van der Waals surface area contributed by atoms with Crippen LogP contribution in [0.15, 0.2) is 60.1 Å². The van der Waals surface area contributed by atoms with E-state index in [0.29, 0.717) is 0 Å². The van der Waals surface area contributed by atoms with Crippen molar-refractivity contribution in [3.05, 3.63) is 60.1 Å². The monoisotopic (exact) mass is 326 g/mol. The highest BCUT2D eigenvalue weighted by atomic mass is 31.8. The van der Waals surface area contributed by atoms with Crippen LogP contribution in [0.1, 0.15) is 0 Å². The lowest BCUT2D eigenvalue weighted by molar-refractivity contribution is 1.75. The van der Waals surface area contributed by atoms with Crippen LogP contribution in [0, 0.1) is 0 Å². The Balaban J connectivity index is 2.12. The average Bonchev–Trinajstić information content (AvgIpc) is 2.54. The summed E-state index contributed by atoms with van der Waals surface area (Å²) in [6, 6.07) is 17.9. The first-order valence-electron chi connectivity index (χ1n) is 6.35. The van der Waals surface area contributed by atoms with Gasteiger partial charge in [0.1, 0.15) is 0 Å². The van der Waals surface area contributed by atoms with Gasteiger partial charge in [0.05, 0.1) is 0 Å². The van der Waals surface area contributed by atoms with Crippen molar-refractivity contribution in [3.8, 4) is 11.1 Å². The maximum Gasteiger partial charge on any atom is 0.0215 e. The van der Waals surface area contributed by atoms with Crippen molar-refractivity contribution in [1.82, 2.24) is 0 Å². The summed E-state index contributed by atoms with van der Waals surface area (Å²) in [6.45, 7) is 0. The lowest BCUT2D eigenvalue weighted by Gasteiger charge is -2.09. The molecule has 0 aliphatic carbocycles. The lowest BCUT2D eigenvalue weighted by Crippen LogP contribution is -1.79. The Morgan fingerprint density at radius 2 is 1.05 bits per heavy atom. The van der Waals surface area contributed by atoms with E-state index in [2.05, 4.69) is 60.1 Å². The molecule has 2 aromatic carbocycles. The fourth-order valence-corrected chi connectivity index (χ4v) is 7.24. The molecule has 20 heavy (non-hydrogen) atoms. The van der Waals surface area contributed by atoms with Crippen molar-refractivity contribution in [1.29, 1.82) is 0 Å². The van der Waals surface area contributed by atoms with Gasteiger partial charge in [-0.05, 0) is 77.1 Å². The van der Waals surface area contributed by atoms with Gasteiger partial charge < -0.3 is 0 Å². The molecule has 2 aromatic heterocycles. The van der Waals surface area contributed by atoms with E-state index in [0.717, 1.165) is 0 Å². The van der Waals surface area contributed by atoms with Gasteiger partial charge in [0.15, 0.2) is 0 Å². The second kappa shape index (κ2) is 5.48. The van der Waals surface area contributed by atoms with Gasteiger partial charge in [-0.25, -0.2) is 0 Å². The highest BCUT2D eigenvalue weighted by Gasteiger charge is 2.07. The van der Waals surface area contributed by atoms with E-state index in [-0.39, 0.29) is 0 Å². The van der Waals surface area contributed by atoms with Crippen LogP contribution in [-0.4, -0.2) is 0 Å². The van der Waals surface area contributed by atoms with Crippen molar-refractivity contribution in [3.63, 3.8) is 0 Å². The molecule has 0 saturated heterocycles. The topological polar surface area (TPSA) is 0 Å². The van der Waals surface area contributed by atoms with Gasteiger partial charge >= 0.3 is 0 Å². The van der Waals surface area contributed by atoms with E-state index in [1.165, 1.54) is 63.6 Å². The van der Waals surface area contributed by atoms with Crippen molar-refractivity contribution in [2.75, 3.05) is 0 Å². The molecule has 0 nitrogen and oxygen atoms in total. The lowest BCUT2D eigenvalue weighted by atomic mass is 10.0. The normalized spacial score (nSPS) is 12.6. The third-order valence-electron chi connectivity index (χ3n) is 3.38. The van der Waals surface area contributed by atoms with Crippen LogP contribution < -0.4 is 0 Å². The van der Waals surface area contributed by atoms with E-state index in [1.54, 1.807) is 0 Å². The molecule has 0 amide bonds. The van der Waals surface area contributed by atoms with Crippen LogP contribution in [-0.2, 0) is 0 Å². The molecule has 2 heterocycles. The fraction of sp³-hybridized carbons (Fsp3) is 0. The Bertz CT molecular complexity index is 830. The summed E-state index contributed by atoms with van der Waals surface area (Å²) in [4.78, 5) is 0. The Morgan fingerprint density at radius 3 is 1.55 bits per heavy atom. The highest BCUT2D eigenvalue weighted by Crippen LogP contribution is 2.43. The van der Waals surface area contributed by atoms with Crippen LogP contribution in [0.5, 0.6) is 0 Å². The molecule has 0 spiro atoms. The Morgan fingerprint density at radius 1 is 0.550 bits per heavy atom. The molecule has 0 unspecified atom stereocenters. The predicted molar refractivity (Wildman–Crippen MR) is 96.9 cm³/mol. The maximum absolute atomic E-state index is 2.28. The first-order valence-corrected chi connectivity index (χ1v) is 11.5. The van der Waals surface area contributed by atoms with Crippen molar-refractivity contribution < 1.29 is 0 Å². The average molecular weight is 326 g/mol. The molecule has 0 bridgehead atoms. The molecule has 0 N–H and O–H groups in total. The van der Waals surface area contributed by atoms with Gasteiger partial charge in [-0.3, -0.25) is 0 Å². The standard InChI is InChI=1S/C16H10P4/c1-3-11-7-9-17-19-15(11)13(5-1)14-6-2-4-12-8-10-18-20-16(12)14/h1-10H. The van der Waals surface area contributed by atoms with Crippen LogP contribution in [0.3, 0.4) is 0 Å². The van der Waals surface area contributed by atoms with Crippen LogP contribution in [0.2, 0.25) is 0 Å². The minimum atomic E-state index is 1.38. The van der Waals surface area contributed by atoms with E-state index >= 15 is 0 Å². The first-order chi connectivity index (χ1) is 9.93. The molecule has 0 radical (unpaired) electrons. The van der Waals surface area contributed by atoms with Gasteiger partial charge in [0.2, 0.25) is 0 Å². The summed E-state index contributed by atoms with van der Waals surface area (Å²) >= 11 is 0. The number of fused-ring (bicyclic) bond motifs is 2. The van der Waals surface area contributed by atoms with Gasteiger partial charge in [-0.2, -0.15) is 0 Å². The van der Waals surface area contributed by atoms with Crippen molar-refractivity contribution in [2.24, 2.45) is 0 Å². The van der Waals surface area contributed by atoms with E-state index in [1.807, 2.05) is 0 Å². The zero-order valence-corrected chi connectivity index (χ0v) is 14.1. The Hall–Kier alpha value is -0.880. The molecule has 4 heteroatoms. The van der Waals surface area contributed by atoms with Crippen molar-refractivity contribution in [2.45, 2.75) is 0 Å². The molecule has 0 aliphatic heterocycles. The highest BCUT2D eigenvalue weighted by molar-refractivity contribution is 7.92. The predicted octanol–water partition coefficient (Wildman–Crippen LogP) is 7.98. The van der Waals surface area contributed by atoms with Gasteiger partial charge in [-0.1, -0.05) is 36.4 Å². The summed E-state index contributed by atoms with van der Waals surface area (Å²) < 4.78 is 0. The Kier molecular flexibility index (Phi) is 3.52. The molecular formula is C16H10P4. The quantitative estimate of drug-likeness (QED) is 0.332. The fourth-order valence-electron chi connectivity index (χ4n) is 2.46. The summed E-state index contributed by atoms with van der Waals surface area (Å²) in [5, 5.41) is 5.71. The smallest absolute Gasteiger partial charge is 0.0215 e. The number of hydrogen-bond donors (Lipinski definition) is 0. The zero-order chi connectivity index (χ0) is 13.4. The molecule has 0 saturated carbocycles.